The Balaban J connectivity index is 4.13. The molecule has 0 bridgehead atoms. The molecule has 0 spiro atoms. The molecule has 0 aromatic rings. The fourth-order valence-corrected chi connectivity index (χ4v) is 8.98. The van der Waals surface area contributed by atoms with Crippen LogP contribution in [0.1, 0.15) is 284 Å². The SMILES string of the molecule is CC/C=C\C/C=C\C/C=C\C/C=C\C/C=C\CCCCCC(=O)OC(COC(=O)CCCCCCCCCCCCCCCCCCCCCCCCCCCCCCCCC)COC(OCC[N+](C)(C)C)C(=O)[O-]. The molecule has 0 radical (unpaired) electrons. The number of nitrogens with zero attached hydrogens (tertiary/aromatic N) is 1. The number of carboxylic acids is 1. The van der Waals surface area contributed by atoms with Crippen molar-refractivity contribution in [2.45, 2.75) is 296 Å². The summed E-state index contributed by atoms with van der Waals surface area (Å²) >= 11 is 0. The van der Waals surface area contributed by atoms with E-state index in [2.05, 4.69) is 74.6 Å². The molecule has 0 rings (SSSR count). The van der Waals surface area contributed by atoms with Crippen LogP contribution in [-0.2, 0) is 33.3 Å². The van der Waals surface area contributed by atoms with Gasteiger partial charge in [-0.25, -0.2) is 0 Å². The van der Waals surface area contributed by atoms with Crippen molar-refractivity contribution in [3.8, 4) is 0 Å². The normalized spacial score (nSPS) is 13.1. The molecule has 0 fully saturated rings. The van der Waals surface area contributed by atoms with Crippen LogP contribution >= 0.6 is 0 Å². The molecule has 0 aliphatic carbocycles. The molecule has 0 amide bonds. The summed E-state index contributed by atoms with van der Waals surface area (Å²) in [5.74, 6) is -2.32. The van der Waals surface area contributed by atoms with E-state index in [-0.39, 0.29) is 38.6 Å². The van der Waals surface area contributed by atoms with Gasteiger partial charge in [0.1, 0.15) is 13.2 Å². The first-order chi connectivity index (χ1) is 36.6. The minimum Gasteiger partial charge on any atom is -0.545 e. The van der Waals surface area contributed by atoms with E-state index in [4.69, 9.17) is 18.9 Å². The number of carbonyl (C=O) groups excluding carboxylic acids is 3. The van der Waals surface area contributed by atoms with E-state index in [1.165, 1.54) is 180 Å². The smallest absolute Gasteiger partial charge is 0.306 e. The number of ether oxygens (including phenoxy) is 4. The van der Waals surface area contributed by atoms with Gasteiger partial charge >= 0.3 is 11.9 Å². The largest absolute Gasteiger partial charge is 0.545 e. The van der Waals surface area contributed by atoms with Crippen molar-refractivity contribution >= 4 is 17.9 Å². The molecule has 0 aromatic carbocycles. The Labute approximate surface area is 463 Å². The number of allylic oxidation sites excluding steroid dienone is 10. The van der Waals surface area contributed by atoms with Crippen molar-refractivity contribution in [1.82, 2.24) is 0 Å². The predicted molar refractivity (Wildman–Crippen MR) is 315 cm³/mol. The number of unbranched alkanes of at least 4 members (excludes halogenated alkanes) is 33. The van der Waals surface area contributed by atoms with Crippen LogP contribution in [0.5, 0.6) is 0 Å². The summed E-state index contributed by atoms with van der Waals surface area (Å²) in [6.07, 6.45) is 70.2. The van der Waals surface area contributed by atoms with Gasteiger partial charge in [-0.1, -0.05) is 274 Å². The van der Waals surface area contributed by atoms with Crippen LogP contribution < -0.4 is 5.11 Å². The third-order valence-electron chi connectivity index (χ3n) is 13.8. The summed E-state index contributed by atoms with van der Waals surface area (Å²) < 4.78 is 22.7. The maximum Gasteiger partial charge on any atom is 0.306 e. The van der Waals surface area contributed by atoms with Crippen LogP contribution in [0.4, 0.5) is 0 Å². The molecule has 75 heavy (non-hydrogen) atoms. The minimum absolute atomic E-state index is 0.140. The van der Waals surface area contributed by atoms with E-state index < -0.39 is 24.3 Å². The number of hydrogen-bond donors (Lipinski definition) is 0. The highest BCUT2D eigenvalue weighted by Crippen LogP contribution is 2.18. The van der Waals surface area contributed by atoms with Crippen LogP contribution in [0.15, 0.2) is 60.8 Å². The lowest BCUT2D eigenvalue weighted by Crippen LogP contribution is -2.44. The van der Waals surface area contributed by atoms with Crippen LogP contribution in [-0.4, -0.2) is 82.3 Å². The number of esters is 2. The van der Waals surface area contributed by atoms with Gasteiger partial charge in [0.15, 0.2) is 12.4 Å². The lowest BCUT2D eigenvalue weighted by atomic mass is 10.0. The lowest BCUT2D eigenvalue weighted by molar-refractivity contribution is -0.870. The molecule has 9 nitrogen and oxygen atoms in total. The second-order valence-electron chi connectivity index (χ2n) is 22.3. The molecule has 0 aromatic heterocycles. The van der Waals surface area contributed by atoms with E-state index in [0.717, 1.165) is 70.6 Å². The summed E-state index contributed by atoms with van der Waals surface area (Å²) in [6.45, 7) is 4.63. The summed E-state index contributed by atoms with van der Waals surface area (Å²) in [5, 5.41) is 11.8. The molecule has 0 aliphatic rings. The second-order valence-corrected chi connectivity index (χ2v) is 22.3. The van der Waals surface area contributed by atoms with Crippen molar-refractivity contribution in [3.63, 3.8) is 0 Å². The van der Waals surface area contributed by atoms with Gasteiger partial charge in [0, 0.05) is 12.8 Å². The molecule has 2 unspecified atom stereocenters. The molecule has 436 valence electrons. The fourth-order valence-electron chi connectivity index (χ4n) is 8.98. The van der Waals surface area contributed by atoms with E-state index in [1.54, 1.807) is 0 Å². The first kappa shape index (κ1) is 72.0. The average Bonchev–Trinajstić information content (AvgIpc) is 3.38. The summed E-state index contributed by atoms with van der Waals surface area (Å²) in [6, 6.07) is 0. The van der Waals surface area contributed by atoms with E-state index >= 15 is 0 Å². The third-order valence-corrected chi connectivity index (χ3v) is 13.8. The fraction of sp³-hybridized carbons (Fsp3) is 0.803. The highest BCUT2D eigenvalue weighted by molar-refractivity contribution is 5.70. The zero-order valence-electron chi connectivity index (χ0n) is 49.7. The average molecular weight is 1050 g/mol. The topological polar surface area (TPSA) is 111 Å². The molecular formula is C66H119NO8. The number of rotatable bonds is 58. The third kappa shape index (κ3) is 58.5. The highest BCUT2D eigenvalue weighted by Gasteiger charge is 2.22. The van der Waals surface area contributed by atoms with Gasteiger partial charge in [-0.3, -0.25) is 9.59 Å². The Kier molecular flexibility index (Phi) is 54.9. The number of carboxylic acid groups (broad SMARTS) is 1. The van der Waals surface area contributed by atoms with Crippen molar-refractivity contribution in [3.05, 3.63) is 60.8 Å². The second kappa shape index (κ2) is 57.2. The van der Waals surface area contributed by atoms with Gasteiger partial charge in [0.05, 0.1) is 40.3 Å². The van der Waals surface area contributed by atoms with Gasteiger partial charge in [-0.05, 0) is 57.8 Å². The number of quaternary nitrogens is 1. The summed E-state index contributed by atoms with van der Waals surface area (Å²) in [5.41, 5.74) is 0. The Bertz CT molecular complexity index is 1410. The van der Waals surface area contributed by atoms with Crippen LogP contribution in [0, 0.1) is 0 Å². The maximum atomic E-state index is 12.8. The van der Waals surface area contributed by atoms with Crippen molar-refractivity contribution in [2.24, 2.45) is 0 Å². The van der Waals surface area contributed by atoms with Crippen LogP contribution in [0.3, 0.4) is 0 Å². The van der Waals surface area contributed by atoms with Crippen LogP contribution in [0.2, 0.25) is 0 Å². The number of carbonyl (C=O) groups is 3. The zero-order valence-corrected chi connectivity index (χ0v) is 49.7. The molecule has 0 saturated heterocycles. The predicted octanol–water partition coefficient (Wildman–Crippen LogP) is 17.5. The quantitative estimate of drug-likeness (QED) is 0.0195. The molecule has 0 N–H and O–H groups in total. The molecule has 0 heterocycles. The number of likely N-dealkylation sites (N-methyl/N-ethyl adjacent to an activating group) is 1. The summed E-state index contributed by atoms with van der Waals surface area (Å²) in [4.78, 5) is 37.3. The monoisotopic (exact) mass is 1050 g/mol. The molecule has 0 aliphatic heterocycles. The van der Waals surface area contributed by atoms with Gasteiger partial charge in [-0.2, -0.15) is 0 Å². The Morgan fingerprint density at radius 2 is 0.760 bits per heavy atom. The Hall–Kier alpha value is -3.01. The van der Waals surface area contributed by atoms with E-state index in [9.17, 15) is 19.5 Å². The van der Waals surface area contributed by atoms with Crippen molar-refractivity contribution < 1.29 is 42.9 Å². The summed E-state index contributed by atoms with van der Waals surface area (Å²) in [7, 11) is 5.91. The standard InChI is InChI=1S/C66H119NO8/c1-6-8-10-12-14-16-18-20-22-24-26-27-28-29-30-31-32-33-34-35-36-37-39-40-42-44-46-48-50-52-54-56-63(68)73-60-62(61-74-66(65(70)71)72-59-58-67(3,4)5)75-64(69)57-55-53-51-49-47-45-43-41-38-25-23-21-19-17-15-13-11-9-7-2/h9,11,15,17,21,23,38,41,45,47,62,66H,6-8,10,12-14,16,18-20,22,24-37,39-40,42-44,46,48-61H2,1-5H3/b11-9-,17-15-,23-21-,41-38-,47-45-. The molecular weight excluding hydrogens is 935 g/mol. The molecule has 0 saturated carbocycles. The maximum absolute atomic E-state index is 12.8. The van der Waals surface area contributed by atoms with Crippen molar-refractivity contribution in [1.29, 1.82) is 0 Å². The van der Waals surface area contributed by atoms with E-state index in [1.807, 2.05) is 21.1 Å². The number of hydrogen-bond acceptors (Lipinski definition) is 8. The minimum atomic E-state index is -1.63. The molecule has 2 atom stereocenters. The van der Waals surface area contributed by atoms with E-state index in [0.29, 0.717) is 17.4 Å². The number of aliphatic carboxylic acids is 1. The lowest BCUT2D eigenvalue weighted by Gasteiger charge is -2.26. The van der Waals surface area contributed by atoms with Gasteiger partial charge in [0.25, 0.3) is 0 Å². The first-order valence-corrected chi connectivity index (χ1v) is 31.4. The Morgan fingerprint density at radius 3 is 1.13 bits per heavy atom. The Morgan fingerprint density at radius 1 is 0.413 bits per heavy atom. The van der Waals surface area contributed by atoms with Gasteiger partial charge in [-0.15, -0.1) is 0 Å². The highest BCUT2D eigenvalue weighted by atomic mass is 16.7. The first-order valence-electron chi connectivity index (χ1n) is 31.4. The zero-order chi connectivity index (χ0) is 54.8. The van der Waals surface area contributed by atoms with Crippen molar-refractivity contribution in [2.75, 3.05) is 47.5 Å². The molecule has 9 heteroatoms. The van der Waals surface area contributed by atoms with Gasteiger partial charge < -0.3 is 33.3 Å². The van der Waals surface area contributed by atoms with Crippen LogP contribution in [0.25, 0.3) is 0 Å². The van der Waals surface area contributed by atoms with Gasteiger partial charge in [0.2, 0.25) is 0 Å².